The normalized spacial score (nSPS) is 10.1. The zero-order valence-corrected chi connectivity index (χ0v) is 13.3. The molecule has 116 valence electrons. The maximum atomic E-state index is 11.7. The number of amides is 2. The third-order valence-electron chi connectivity index (χ3n) is 2.99. The highest BCUT2D eigenvalue weighted by molar-refractivity contribution is 7.12. The molecule has 0 saturated heterocycles. The summed E-state index contributed by atoms with van der Waals surface area (Å²) in [5.41, 5.74) is 6.87. The number of aryl methyl sites for hydroxylation is 2. The highest BCUT2D eigenvalue weighted by Crippen LogP contribution is 2.19. The van der Waals surface area contributed by atoms with Crippen molar-refractivity contribution >= 4 is 23.2 Å². The van der Waals surface area contributed by atoms with Crippen molar-refractivity contribution in [3.63, 3.8) is 0 Å². The van der Waals surface area contributed by atoms with Crippen LogP contribution in [0.25, 0.3) is 0 Å². The Kier molecular flexibility index (Phi) is 5.55. The second-order valence-corrected chi connectivity index (χ2v) is 5.79. The van der Waals surface area contributed by atoms with Crippen LogP contribution in [0.3, 0.4) is 0 Å². The maximum Gasteiger partial charge on any atom is 0.279 e. The number of carbonyl (C=O) groups is 2. The molecular weight excluding hydrogens is 300 g/mol. The maximum absolute atomic E-state index is 11.7. The number of ether oxygens (including phenoxy) is 1. The van der Waals surface area contributed by atoms with Crippen molar-refractivity contribution < 1.29 is 14.3 Å². The van der Waals surface area contributed by atoms with Crippen molar-refractivity contribution in [1.29, 1.82) is 0 Å². The number of thiophene rings is 1. The van der Waals surface area contributed by atoms with Crippen LogP contribution in [0, 0.1) is 13.8 Å². The standard InChI is InChI=1S/C16H18N2O3S/c1-11-5-6-12(2)13(10-11)21-8-7-15(19)17-18-16(20)14-4-3-9-22-14/h3-6,9-10H,7-8H2,1-2H3,(H,17,19)(H,18,20). The minimum Gasteiger partial charge on any atom is -0.493 e. The van der Waals surface area contributed by atoms with E-state index in [9.17, 15) is 9.59 Å². The van der Waals surface area contributed by atoms with Crippen molar-refractivity contribution in [2.24, 2.45) is 0 Å². The van der Waals surface area contributed by atoms with Crippen LogP contribution < -0.4 is 15.6 Å². The summed E-state index contributed by atoms with van der Waals surface area (Å²) in [5.74, 6) is 0.157. The number of hydrogen-bond donors (Lipinski definition) is 2. The van der Waals surface area contributed by atoms with Gasteiger partial charge in [0.25, 0.3) is 5.91 Å². The minimum absolute atomic E-state index is 0.165. The van der Waals surface area contributed by atoms with Crippen molar-refractivity contribution in [3.05, 3.63) is 51.7 Å². The zero-order chi connectivity index (χ0) is 15.9. The van der Waals surface area contributed by atoms with E-state index in [2.05, 4.69) is 10.9 Å². The Morgan fingerprint density at radius 3 is 2.73 bits per heavy atom. The van der Waals surface area contributed by atoms with Gasteiger partial charge in [0.2, 0.25) is 5.91 Å². The van der Waals surface area contributed by atoms with Crippen LogP contribution in [0.2, 0.25) is 0 Å². The first-order valence-corrected chi connectivity index (χ1v) is 7.77. The molecule has 2 aromatic rings. The fourth-order valence-electron chi connectivity index (χ4n) is 1.77. The molecule has 0 unspecified atom stereocenters. The molecule has 0 atom stereocenters. The number of hydrazine groups is 1. The second-order valence-electron chi connectivity index (χ2n) is 4.85. The first kappa shape index (κ1) is 16.0. The average molecular weight is 318 g/mol. The van der Waals surface area contributed by atoms with Crippen molar-refractivity contribution in [3.8, 4) is 5.75 Å². The molecule has 2 N–H and O–H groups in total. The Hall–Kier alpha value is -2.34. The predicted molar refractivity (Wildman–Crippen MR) is 86.0 cm³/mol. The zero-order valence-electron chi connectivity index (χ0n) is 12.5. The number of benzene rings is 1. The quantitative estimate of drug-likeness (QED) is 0.833. The van der Waals surface area contributed by atoms with Crippen molar-refractivity contribution in [1.82, 2.24) is 10.9 Å². The molecular formula is C16H18N2O3S. The van der Waals surface area contributed by atoms with E-state index in [0.29, 0.717) is 4.88 Å². The van der Waals surface area contributed by atoms with Crippen LogP contribution in [0.4, 0.5) is 0 Å². The number of rotatable bonds is 5. The summed E-state index contributed by atoms with van der Waals surface area (Å²) in [6.07, 6.45) is 0.165. The highest BCUT2D eigenvalue weighted by Gasteiger charge is 2.08. The molecule has 0 aliphatic heterocycles. The smallest absolute Gasteiger partial charge is 0.279 e. The Morgan fingerprint density at radius 1 is 1.18 bits per heavy atom. The van der Waals surface area contributed by atoms with E-state index in [0.717, 1.165) is 16.9 Å². The lowest BCUT2D eigenvalue weighted by atomic mass is 10.1. The van der Waals surface area contributed by atoms with Gasteiger partial charge in [-0.3, -0.25) is 20.4 Å². The van der Waals surface area contributed by atoms with Gasteiger partial charge in [0, 0.05) is 0 Å². The predicted octanol–water partition coefficient (Wildman–Crippen LogP) is 2.60. The summed E-state index contributed by atoms with van der Waals surface area (Å²) in [6, 6.07) is 9.39. The van der Waals surface area contributed by atoms with Gasteiger partial charge in [-0.2, -0.15) is 0 Å². The molecule has 1 aromatic heterocycles. The van der Waals surface area contributed by atoms with E-state index >= 15 is 0 Å². The Labute approximate surface area is 133 Å². The summed E-state index contributed by atoms with van der Waals surface area (Å²) in [6.45, 7) is 4.19. The van der Waals surface area contributed by atoms with Crippen LogP contribution in [-0.4, -0.2) is 18.4 Å². The molecule has 2 amide bonds. The number of hydrogen-bond acceptors (Lipinski definition) is 4. The molecule has 0 radical (unpaired) electrons. The third-order valence-corrected chi connectivity index (χ3v) is 3.86. The summed E-state index contributed by atoms with van der Waals surface area (Å²) in [7, 11) is 0. The number of carbonyl (C=O) groups excluding carboxylic acids is 2. The van der Waals surface area contributed by atoms with Crippen LogP contribution in [0.5, 0.6) is 5.75 Å². The average Bonchev–Trinajstić information content (AvgIpc) is 3.02. The minimum atomic E-state index is -0.321. The van der Waals surface area contributed by atoms with E-state index in [1.807, 2.05) is 32.0 Å². The summed E-state index contributed by atoms with van der Waals surface area (Å²) in [4.78, 5) is 23.8. The molecule has 6 heteroatoms. The van der Waals surface area contributed by atoms with Gasteiger partial charge >= 0.3 is 0 Å². The lowest BCUT2D eigenvalue weighted by Crippen LogP contribution is -2.41. The lowest BCUT2D eigenvalue weighted by Gasteiger charge is -2.10. The Bertz CT molecular complexity index is 653. The monoisotopic (exact) mass is 318 g/mol. The van der Waals surface area contributed by atoms with Gasteiger partial charge in [-0.05, 0) is 42.5 Å². The van der Waals surface area contributed by atoms with Gasteiger partial charge in [-0.15, -0.1) is 11.3 Å². The lowest BCUT2D eigenvalue weighted by molar-refractivity contribution is -0.122. The van der Waals surface area contributed by atoms with Gasteiger partial charge < -0.3 is 4.74 Å². The molecule has 1 heterocycles. The van der Waals surface area contributed by atoms with E-state index in [-0.39, 0.29) is 24.8 Å². The fraction of sp³-hybridized carbons (Fsp3) is 0.250. The van der Waals surface area contributed by atoms with Crippen molar-refractivity contribution in [2.45, 2.75) is 20.3 Å². The van der Waals surface area contributed by atoms with Gasteiger partial charge in [-0.1, -0.05) is 18.2 Å². The molecule has 5 nitrogen and oxygen atoms in total. The number of nitrogens with one attached hydrogen (secondary N) is 2. The Morgan fingerprint density at radius 2 is 2.00 bits per heavy atom. The van der Waals surface area contributed by atoms with Gasteiger partial charge in [-0.25, -0.2) is 0 Å². The topological polar surface area (TPSA) is 67.4 Å². The van der Waals surface area contributed by atoms with E-state index in [1.165, 1.54) is 11.3 Å². The first-order valence-electron chi connectivity index (χ1n) is 6.89. The summed E-state index contributed by atoms with van der Waals surface area (Å²) < 4.78 is 5.60. The molecule has 22 heavy (non-hydrogen) atoms. The SMILES string of the molecule is Cc1ccc(C)c(OCCC(=O)NNC(=O)c2cccs2)c1. The van der Waals surface area contributed by atoms with Gasteiger partial charge in [0.1, 0.15) is 5.75 Å². The van der Waals surface area contributed by atoms with E-state index in [1.54, 1.807) is 17.5 Å². The molecule has 0 spiro atoms. The van der Waals surface area contributed by atoms with Crippen LogP contribution in [-0.2, 0) is 4.79 Å². The van der Waals surface area contributed by atoms with Crippen LogP contribution >= 0.6 is 11.3 Å². The molecule has 0 bridgehead atoms. The second kappa shape index (κ2) is 7.61. The molecule has 0 aliphatic rings. The van der Waals surface area contributed by atoms with Gasteiger partial charge in [0.05, 0.1) is 17.9 Å². The molecule has 0 fully saturated rings. The summed E-state index contributed by atoms with van der Waals surface area (Å²) >= 11 is 1.31. The van der Waals surface area contributed by atoms with Crippen molar-refractivity contribution in [2.75, 3.05) is 6.61 Å². The highest BCUT2D eigenvalue weighted by atomic mass is 32.1. The third kappa shape index (κ3) is 4.60. The van der Waals surface area contributed by atoms with Gasteiger partial charge in [0.15, 0.2) is 0 Å². The van der Waals surface area contributed by atoms with E-state index in [4.69, 9.17) is 4.74 Å². The van der Waals surface area contributed by atoms with Crippen LogP contribution in [0.15, 0.2) is 35.7 Å². The van der Waals surface area contributed by atoms with Crippen LogP contribution in [0.1, 0.15) is 27.2 Å². The molecule has 1 aromatic carbocycles. The molecule has 0 saturated carbocycles. The largest absolute Gasteiger partial charge is 0.493 e. The van der Waals surface area contributed by atoms with E-state index < -0.39 is 0 Å². The Balaban J connectivity index is 1.72. The first-order chi connectivity index (χ1) is 10.6. The molecule has 0 aliphatic carbocycles. The fourth-order valence-corrected chi connectivity index (χ4v) is 2.39. The summed E-state index contributed by atoms with van der Waals surface area (Å²) in [5, 5.41) is 1.80. The molecule has 2 rings (SSSR count).